The molecule has 3 aromatic rings. The number of alkyl halides is 6. The van der Waals surface area contributed by atoms with Crippen molar-refractivity contribution in [3.05, 3.63) is 75.4 Å². The summed E-state index contributed by atoms with van der Waals surface area (Å²) in [4.78, 5) is 14.5. The number of halogens is 7. The minimum Gasteiger partial charge on any atom is -0.366 e. The number of carbonyl (C=O) groups is 1. The van der Waals surface area contributed by atoms with Crippen molar-refractivity contribution < 1.29 is 31.1 Å². The number of anilines is 1. The molecule has 13 heteroatoms. The predicted octanol–water partition coefficient (Wildman–Crippen LogP) is 6.11. The molecule has 0 saturated heterocycles. The number of nitrogens with one attached hydrogen (secondary N) is 1. The standard InChI is InChI=1S/C23H22ClF6N5O/c1-13(2)31-20-19(21(36)34(3)12-15-6-4-5-7-18(15)24)32-33-35(20)11-14-8-16(22(25,26)27)10-17(9-14)23(28,29)30/h4-10,13,31H,11-12H2,1-3H3. The highest BCUT2D eigenvalue weighted by molar-refractivity contribution is 6.31. The van der Waals surface area contributed by atoms with Gasteiger partial charge in [-0.3, -0.25) is 4.79 Å². The molecule has 194 valence electrons. The van der Waals surface area contributed by atoms with Gasteiger partial charge in [-0.2, -0.15) is 26.3 Å². The molecule has 0 saturated carbocycles. The monoisotopic (exact) mass is 533 g/mol. The number of hydrogen-bond donors (Lipinski definition) is 1. The van der Waals surface area contributed by atoms with Crippen molar-refractivity contribution in [3.63, 3.8) is 0 Å². The van der Waals surface area contributed by atoms with E-state index in [1.54, 1.807) is 38.1 Å². The van der Waals surface area contributed by atoms with Gasteiger partial charge < -0.3 is 10.2 Å². The maximum absolute atomic E-state index is 13.3. The lowest BCUT2D eigenvalue weighted by Crippen LogP contribution is -2.28. The molecule has 1 aromatic heterocycles. The average molecular weight is 534 g/mol. The van der Waals surface area contributed by atoms with Gasteiger partial charge in [-0.25, -0.2) is 4.68 Å². The van der Waals surface area contributed by atoms with Crippen LogP contribution < -0.4 is 5.32 Å². The second kappa shape index (κ2) is 10.4. The molecule has 0 fully saturated rings. The summed E-state index contributed by atoms with van der Waals surface area (Å²) in [5.74, 6) is -0.503. The zero-order chi connectivity index (χ0) is 26.8. The lowest BCUT2D eigenvalue weighted by atomic mass is 10.0. The summed E-state index contributed by atoms with van der Waals surface area (Å²) < 4.78 is 80.6. The number of benzene rings is 2. The van der Waals surface area contributed by atoms with E-state index in [0.717, 1.165) is 4.68 Å². The van der Waals surface area contributed by atoms with Crippen LogP contribution in [0.4, 0.5) is 32.2 Å². The van der Waals surface area contributed by atoms with E-state index in [2.05, 4.69) is 15.6 Å². The van der Waals surface area contributed by atoms with Crippen LogP contribution in [0.2, 0.25) is 5.02 Å². The maximum atomic E-state index is 13.3. The van der Waals surface area contributed by atoms with Gasteiger partial charge in [0.25, 0.3) is 5.91 Å². The summed E-state index contributed by atoms with van der Waals surface area (Å²) in [7, 11) is 1.51. The van der Waals surface area contributed by atoms with E-state index in [9.17, 15) is 31.1 Å². The topological polar surface area (TPSA) is 63.1 Å². The van der Waals surface area contributed by atoms with Gasteiger partial charge in [-0.15, -0.1) is 5.10 Å². The van der Waals surface area contributed by atoms with Crippen LogP contribution in [0.1, 0.15) is 46.6 Å². The first-order valence-corrected chi connectivity index (χ1v) is 11.0. The van der Waals surface area contributed by atoms with Gasteiger partial charge in [0, 0.05) is 24.7 Å². The average Bonchev–Trinajstić information content (AvgIpc) is 3.14. The first-order chi connectivity index (χ1) is 16.7. The van der Waals surface area contributed by atoms with Gasteiger partial charge in [0.1, 0.15) is 0 Å². The molecule has 2 aromatic carbocycles. The molecule has 0 radical (unpaired) electrons. The van der Waals surface area contributed by atoms with E-state index in [1.807, 2.05) is 0 Å². The molecule has 0 unspecified atom stereocenters. The molecule has 0 atom stereocenters. The van der Waals surface area contributed by atoms with E-state index in [1.165, 1.54) is 11.9 Å². The molecular weight excluding hydrogens is 512 g/mol. The summed E-state index contributed by atoms with van der Waals surface area (Å²) in [5.41, 5.74) is -2.66. The van der Waals surface area contributed by atoms with Crippen molar-refractivity contribution in [1.82, 2.24) is 19.9 Å². The molecule has 0 aliphatic carbocycles. The van der Waals surface area contributed by atoms with Crippen LogP contribution >= 0.6 is 11.6 Å². The Labute approximate surface area is 207 Å². The van der Waals surface area contributed by atoms with Crippen molar-refractivity contribution in [2.75, 3.05) is 12.4 Å². The third-order valence-corrected chi connectivity index (χ3v) is 5.42. The normalized spacial score (nSPS) is 12.2. The highest BCUT2D eigenvalue weighted by Gasteiger charge is 2.37. The highest BCUT2D eigenvalue weighted by Crippen LogP contribution is 2.36. The Hall–Kier alpha value is -3.28. The van der Waals surface area contributed by atoms with Crippen LogP contribution in [0.15, 0.2) is 42.5 Å². The Kier molecular flexibility index (Phi) is 7.87. The van der Waals surface area contributed by atoms with Gasteiger partial charge >= 0.3 is 12.4 Å². The Morgan fingerprint density at radius 3 is 2.17 bits per heavy atom. The number of amides is 1. The van der Waals surface area contributed by atoms with Crippen LogP contribution in [0.3, 0.4) is 0 Å². The molecule has 36 heavy (non-hydrogen) atoms. The van der Waals surface area contributed by atoms with Crippen LogP contribution in [-0.4, -0.2) is 38.9 Å². The molecule has 3 rings (SSSR count). The molecule has 0 aliphatic rings. The minimum atomic E-state index is -4.99. The van der Waals surface area contributed by atoms with Gasteiger partial charge in [-0.05, 0) is 49.2 Å². The smallest absolute Gasteiger partial charge is 0.366 e. The SMILES string of the molecule is CC(C)Nc1c(C(=O)N(C)Cc2ccccc2Cl)nnn1Cc1cc(C(F)(F)F)cc(C(F)(F)F)c1. The number of rotatable bonds is 7. The zero-order valence-corrected chi connectivity index (χ0v) is 20.1. The number of carbonyl (C=O) groups excluding carboxylic acids is 1. The highest BCUT2D eigenvalue weighted by atomic mass is 35.5. The molecule has 0 spiro atoms. The molecule has 1 N–H and O–H groups in total. The van der Waals surface area contributed by atoms with E-state index < -0.39 is 35.9 Å². The molecule has 1 amide bonds. The fourth-order valence-corrected chi connectivity index (χ4v) is 3.60. The molecular formula is C23H22ClF6N5O. The molecule has 0 aliphatic heterocycles. The predicted molar refractivity (Wildman–Crippen MR) is 122 cm³/mol. The van der Waals surface area contributed by atoms with Crippen LogP contribution in [0, 0.1) is 0 Å². The Balaban J connectivity index is 1.97. The van der Waals surface area contributed by atoms with Gasteiger partial charge in [0.2, 0.25) is 0 Å². The van der Waals surface area contributed by atoms with E-state index in [0.29, 0.717) is 22.7 Å². The van der Waals surface area contributed by atoms with E-state index >= 15 is 0 Å². The lowest BCUT2D eigenvalue weighted by molar-refractivity contribution is -0.143. The second-order valence-corrected chi connectivity index (χ2v) is 8.82. The first kappa shape index (κ1) is 27.3. The summed E-state index contributed by atoms with van der Waals surface area (Å²) in [6.45, 7) is 3.13. The van der Waals surface area contributed by atoms with Crippen LogP contribution in [0.5, 0.6) is 0 Å². The van der Waals surface area contributed by atoms with Crippen molar-refractivity contribution in [2.45, 2.75) is 45.3 Å². The van der Waals surface area contributed by atoms with Crippen molar-refractivity contribution in [1.29, 1.82) is 0 Å². The summed E-state index contributed by atoms with van der Waals surface area (Å²) in [6.07, 6.45) is -9.97. The van der Waals surface area contributed by atoms with Crippen molar-refractivity contribution >= 4 is 23.3 Å². The fourth-order valence-electron chi connectivity index (χ4n) is 3.40. The number of nitrogens with zero attached hydrogens (tertiary/aromatic N) is 4. The van der Waals surface area contributed by atoms with E-state index in [-0.39, 0.29) is 35.7 Å². The number of hydrogen-bond acceptors (Lipinski definition) is 4. The van der Waals surface area contributed by atoms with Crippen LogP contribution in [-0.2, 0) is 25.4 Å². The van der Waals surface area contributed by atoms with Crippen molar-refractivity contribution in [3.8, 4) is 0 Å². The second-order valence-electron chi connectivity index (χ2n) is 8.41. The lowest BCUT2D eigenvalue weighted by Gasteiger charge is -2.19. The van der Waals surface area contributed by atoms with Gasteiger partial charge in [0.15, 0.2) is 11.5 Å². The van der Waals surface area contributed by atoms with Crippen molar-refractivity contribution in [2.24, 2.45) is 0 Å². The Morgan fingerprint density at radius 2 is 1.64 bits per heavy atom. The van der Waals surface area contributed by atoms with E-state index in [4.69, 9.17) is 11.6 Å². The zero-order valence-electron chi connectivity index (χ0n) is 19.4. The van der Waals surface area contributed by atoms with Crippen LogP contribution in [0.25, 0.3) is 0 Å². The Bertz CT molecular complexity index is 1210. The summed E-state index contributed by atoms with van der Waals surface area (Å²) in [6, 6.07) is 7.92. The quantitative estimate of drug-likeness (QED) is 0.372. The Morgan fingerprint density at radius 1 is 1.06 bits per heavy atom. The molecule has 1 heterocycles. The third-order valence-electron chi connectivity index (χ3n) is 5.05. The summed E-state index contributed by atoms with van der Waals surface area (Å²) in [5, 5.41) is 11.1. The molecule has 6 nitrogen and oxygen atoms in total. The first-order valence-electron chi connectivity index (χ1n) is 10.6. The van der Waals surface area contributed by atoms with Gasteiger partial charge in [-0.1, -0.05) is 35.0 Å². The maximum Gasteiger partial charge on any atom is 0.416 e. The van der Waals surface area contributed by atoms with Gasteiger partial charge in [0.05, 0.1) is 17.7 Å². The molecule has 0 bridgehead atoms. The third kappa shape index (κ3) is 6.48. The number of aromatic nitrogens is 3. The fraction of sp³-hybridized carbons (Fsp3) is 0.348. The summed E-state index contributed by atoms with van der Waals surface area (Å²) >= 11 is 6.16. The minimum absolute atomic E-state index is 0.0523. The largest absolute Gasteiger partial charge is 0.416 e.